The van der Waals surface area contributed by atoms with Crippen molar-refractivity contribution in [2.75, 3.05) is 13.1 Å². The maximum absolute atomic E-state index is 12.4. The van der Waals surface area contributed by atoms with Gasteiger partial charge in [-0.2, -0.15) is 0 Å². The number of nitrogens with two attached hydrogens (primary N) is 1. The van der Waals surface area contributed by atoms with E-state index in [0.717, 1.165) is 29.2 Å². The van der Waals surface area contributed by atoms with Crippen molar-refractivity contribution >= 4 is 17.2 Å². The maximum Gasteiger partial charge on any atom is 0.228 e. The quantitative estimate of drug-likeness (QED) is 0.939. The lowest BCUT2D eigenvalue weighted by Gasteiger charge is -2.21. The van der Waals surface area contributed by atoms with E-state index < -0.39 is 0 Å². The summed E-state index contributed by atoms with van der Waals surface area (Å²) in [5.41, 5.74) is 7.49. The van der Waals surface area contributed by atoms with Crippen LogP contribution in [0, 0.1) is 5.92 Å². The molecule has 0 aromatic carbocycles. The van der Waals surface area contributed by atoms with Crippen molar-refractivity contribution in [1.82, 2.24) is 9.88 Å². The van der Waals surface area contributed by atoms with Gasteiger partial charge in [0.2, 0.25) is 5.91 Å². The van der Waals surface area contributed by atoms with Crippen LogP contribution in [-0.4, -0.2) is 34.9 Å². The number of amides is 1. The Hall–Kier alpha value is -1.66. The molecule has 1 fully saturated rings. The van der Waals surface area contributed by atoms with Gasteiger partial charge in [0.1, 0.15) is 11.3 Å². The van der Waals surface area contributed by atoms with Gasteiger partial charge in [0.15, 0.2) is 0 Å². The van der Waals surface area contributed by atoms with Gasteiger partial charge in [-0.3, -0.25) is 4.79 Å². The minimum Gasteiger partial charge on any atom is -0.472 e. The Kier molecular flexibility index (Phi) is 4.07. The summed E-state index contributed by atoms with van der Waals surface area (Å²) in [5.74, 6) is 0.573. The summed E-state index contributed by atoms with van der Waals surface area (Å²) in [5, 5.41) is 2.84. The van der Waals surface area contributed by atoms with Gasteiger partial charge in [0.25, 0.3) is 0 Å². The first-order valence-corrected chi connectivity index (χ1v) is 8.02. The highest BCUT2D eigenvalue weighted by Gasteiger charge is 2.31. The van der Waals surface area contributed by atoms with E-state index in [9.17, 15) is 4.79 Å². The summed E-state index contributed by atoms with van der Waals surface area (Å²) in [7, 11) is 0. The van der Waals surface area contributed by atoms with E-state index in [-0.39, 0.29) is 11.9 Å². The van der Waals surface area contributed by atoms with Gasteiger partial charge in [-0.1, -0.05) is 0 Å². The van der Waals surface area contributed by atoms with E-state index in [1.165, 1.54) is 11.3 Å². The average Bonchev–Trinajstić information content (AvgIpc) is 3.17. The molecule has 0 saturated carbocycles. The van der Waals surface area contributed by atoms with E-state index in [1.807, 2.05) is 16.3 Å². The fourth-order valence-electron chi connectivity index (χ4n) is 2.82. The number of thiazole rings is 1. The average molecular weight is 305 g/mol. The van der Waals surface area contributed by atoms with E-state index >= 15 is 0 Å². The topological polar surface area (TPSA) is 72.4 Å². The lowest BCUT2D eigenvalue weighted by atomic mass is 10.1. The zero-order chi connectivity index (χ0) is 14.8. The number of hydrogen-bond donors (Lipinski definition) is 1. The molecule has 0 radical (unpaired) electrons. The molecule has 0 aliphatic carbocycles. The lowest BCUT2D eigenvalue weighted by Crippen LogP contribution is -2.35. The van der Waals surface area contributed by atoms with E-state index in [2.05, 4.69) is 11.9 Å². The molecule has 2 atom stereocenters. The second-order valence-corrected chi connectivity index (χ2v) is 6.42. The van der Waals surface area contributed by atoms with Crippen molar-refractivity contribution in [3.63, 3.8) is 0 Å². The molecule has 2 N–H and O–H groups in total. The zero-order valence-corrected chi connectivity index (χ0v) is 12.8. The molecule has 0 spiro atoms. The largest absolute Gasteiger partial charge is 0.472 e. The first-order valence-electron chi connectivity index (χ1n) is 7.14. The van der Waals surface area contributed by atoms with Crippen molar-refractivity contribution < 1.29 is 9.21 Å². The summed E-state index contributed by atoms with van der Waals surface area (Å²) in [4.78, 5) is 18.9. The first kappa shape index (κ1) is 14.3. The highest BCUT2D eigenvalue weighted by atomic mass is 32.1. The predicted molar refractivity (Wildman–Crippen MR) is 81.9 cm³/mol. The molecule has 3 rings (SSSR count). The number of rotatable bonds is 4. The fourth-order valence-corrected chi connectivity index (χ4v) is 3.63. The Balaban J connectivity index is 1.65. The molecule has 0 bridgehead atoms. The monoisotopic (exact) mass is 305 g/mol. The van der Waals surface area contributed by atoms with Crippen LogP contribution in [0.25, 0.3) is 10.6 Å². The van der Waals surface area contributed by atoms with Gasteiger partial charge in [-0.25, -0.2) is 4.98 Å². The van der Waals surface area contributed by atoms with Crippen molar-refractivity contribution in [2.24, 2.45) is 11.7 Å². The van der Waals surface area contributed by atoms with Crippen LogP contribution in [0.4, 0.5) is 0 Å². The third kappa shape index (κ3) is 3.01. The van der Waals surface area contributed by atoms with Gasteiger partial charge in [-0.05, 0) is 31.9 Å². The highest BCUT2D eigenvalue weighted by molar-refractivity contribution is 7.13. The third-order valence-corrected chi connectivity index (χ3v) is 4.91. The normalized spacial score (nSPS) is 21.9. The molecule has 21 heavy (non-hydrogen) atoms. The Morgan fingerprint density at radius 1 is 1.62 bits per heavy atom. The number of furan rings is 1. The van der Waals surface area contributed by atoms with Crippen LogP contribution in [0.2, 0.25) is 0 Å². The number of carbonyl (C=O) groups excluding carboxylic acids is 1. The number of carbonyl (C=O) groups is 1. The summed E-state index contributed by atoms with van der Waals surface area (Å²) >= 11 is 1.54. The van der Waals surface area contributed by atoms with Crippen LogP contribution in [0.5, 0.6) is 0 Å². The number of hydrogen-bond acceptors (Lipinski definition) is 5. The van der Waals surface area contributed by atoms with Crippen molar-refractivity contribution in [2.45, 2.75) is 25.8 Å². The van der Waals surface area contributed by atoms with Crippen molar-refractivity contribution in [3.05, 3.63) is 29.7 Å². The second kappa shape index (κ2) is 5.99. The van der Waals surface area contributed by atoms with Crippen molar-refractivity contribution in [1.29, 1.82) is 0 Å². The minimum absolute atomic E-state index is 0.141. The second-order valence-electron chi connectivity index (χ2n) is 5.57. The lowest BCUT2D eigenvalue weighted by molar-refractivity contribution is -0.131. The van der Waals surface area contributed by atoms with E-state index in [1.54, 1.807) is 12.5 Å². The number of likely N-dealkylation sites (tertiary alicyclic amines) is 1. The zero-order valence-electron chi connectivity index (χ0n) is 12.0. The third-order valence-electron chi connectivity index (χ3n) is 3.97. The van der Waals surface area contributed by atoms with E-state index in [4.69, 9.17) is 10.2 Å². The van der Waals surface area contributed by atoms with Crippen LogP contribution in [0.15, 0.2) is 28.4 Å². The summed E-state index contributed by atoms with van der Waals surface area (Å²) in [6, 6.07) is 2.15. The van der Waals surface area contributed by atoms with Crippen LogP contribution < -0.4 is 5.73 Å². The molecule has 2 unspecified atom stereocenters. The van der Waals surface area contributed by atoms with Gasteiger partial charge in [0.05, 0.1) is 18.4 Å². The van der Waals surface area contributed by atoms with Gasteiger partial charge < -0.3 is 15.1 Å². The number of nitrogens with zero attached hydrogens (tertiary/aromatic N) is 2. The van der Waals surface area contributed by atoms with Crippen LogP contribution in [0.3, 0.4) is 0 Å². The molecule has 1 aliphatic heterocycles. The summed E-state index contributed by atoms with van der Waals surface area (Å²) in [6.45, 7) is 3.51. The molecule has 5 nitrogen and oxygen atoms in total. The summed E-state index contributed by atoms with van der Waals surface area (Å²) < 4.78 is 5.06. The van der Waals surface area contributed by atoms with Crippen molar-refractivity contribution in [3.8, 4) is 10.6 Å². The highest BCUT2D eigenvalue weighted by Crippen LogP contribution is 2.26. The molecule has 1 aliphatic rings. The van der Waals surface area contributed by atoms with Crippen LogP contribution >= 0.6 is 11.3 Å². The van der Waals surface area contributed by atoms with Crippen LogP contribution in [0.1, 0.15) is 19.0 Å². The SMILES string of the molecule is CC1CC(CN)CN1C(=O)Cc1csc(-c2ccoc2)n1. The Morgan fingerprint density at radius 3 is 3.14 bits per heavy atom. The standard InChI is InChI=1S/C15H19N3O2S/c1-10-4-11(6-16)7-18(10)14(19)5-13-9-21-15(17-13)12-2-3-20-8-12/h2-3,8-11H,4-7,16H2,1H3. The number of aromatic nitrogens is 1. The maximum atomic E-state index is 12.4. The van der Waals surface area contributed by atoms with Gasteiger partial charge in [0, 0.05) is 23.5 Å². The molecule has 3 heterocycles. The molecule has 2 aromatic rings. The molecule has 2 aromatic heterocycles. The molecule has 1 saturated heterocycles. The molecule has 112 valence electrons. The van der Waals surface area contributed by atoms with E-state index in [0.29, 0.717) is 18.9 Å². The van der Waals surface area contributed by atoms with Gasteiger partial charge >= 0.3 is 0 Å². The van der Waals surface area contributed by atoms with Crippen LogP contribution in [-0.2, 0) is 11.2 Å². The predicted octanol–water partition coefficient (Wildman–Crippen LogP) is 2.14. The Bertz CT molecular complexity index is 608. The minimum atomic E-state index is 0.141. The van der Waals surface area contributed by atoms with Gasteiger partial charge in [-0.15, -0.1) is 11.3 Å². The smallest absolute Gasteiger partial charge is 0.228 e. The molecular weight excluding hydrogens is 286 g/mol. The Morgan fingerprint density at radius 2 is 2.48 bits per heavy atom. The summed E-state index contributed by atoms with van der Waals surface area (Å²) in [6.07, 6.45) is 4.65. The molecule has 1 amide bonds. The first-order chi connectivity index (χ1) is 10.2. The molecule has 6 heteroatoms. The Labute approximate surface area is 127 Å². The molecular formula is C15H19N3O2S. The fraction of sp³-hybridized carbons (Fsp3) is 0.467.